The first-order chi connectivity index (χ1) is 33.0. The number of ether oxygens (including phenoxy) is 4. The smallest absolute Gasteiger partial charge is 0.414 e. The Morgan fingerprint density at radius 2 is 1.04 bits per heavy atom. The molecule has 0 saturated carbocycles. The summed E-state index contributed by atoms with van der Waals surface area (Å²) in [6.45, 7) is 8.21. The Balaban J connectivity index is 0.000000231. The molecule has 0 aliphatic carbocycles. The standard InChI is InChI=1S/C16H19F2N3O4.C15H17F2N3O3S.C14H14P2S4.CH4.2H2O/c17-8-15(22)19-9-12-10-21(16(23)25-12)11-1-2-14(13(18)7-11)20-3-5-24-6-4-20;16-12-7-10(1-2-13(12)19-3-5-22-6-4-19)20-9-11(23-15(20)21)8-18-14(17)24;1-11-3-7-13(8-4-11)15(17)19-16(18,20-15)14-9-5-12(2)6-10-14;;;/h1-2,7,12H,3-6,8-10H2,(H,19,22);1-2,7,11H,3-6,8-9H2,(H,18,24);3-10H,1-2H3;1H4;2*1H2/t12-;11-;;;;/m00..../s1. The molecule has 0 radical (unpaired) electrons. The molecule has 0 bridgehead atoms. The molecule has 3 amide bonds. The summed E-state index contributed by atoms with van der Waals surface area (Å²) in [5.41, 5.74) is 4.29. The summed E-state index contributed by atoms with van der Waals surface area (Å²) in [7, 11) is 0. The lowest BCUT2D eigenvalue weighted by atomic mass is 10.2. The number of anilines is 4. The van der Waals surface area contributed by atoms with Crippen molar-refractivity contribution >= 4 is 123 Å². The number of hydrogen-bond donors (Lipinski definition) is 2. The van der Waals surface area contributed by atoms with Crippen LogP contribution in [0.1, 0.15) is 18.6 Å². The molecule has 0 aromatic heterocycles. The fraction of sp³-hybridized carbons (Fsp3) is 0.391. The van der Waals surface area contributed by atoms with Gasteiger partial charge in [0.2, 0.25) is 0 Å². The quantitative estimate of drug-likeness (QED) is 0.0503. The first-order valence-electron chi connectivity index (χ1n) is 21.8. The number of nitrogens with zero attached hydrogens (tertiary/aromatic N) is 4. The molecule has 72 heavy (non-hydrogen) atoms. The molecule has 2 atom stereocenters. The van der Waals surface area contributed by atoms with Crippen LogP contribution < -0.4 is 40.8 Å². The van der Waals surface area contributed by atoms with Gasteiger partial charge in [-0.25, -0.2) is 22.8 Å². The monoisotopic (exact) mass is 1140 g/mol. The van der Waals surface area contributed by atoms with E-state index in [1.807, 2.05) is 31.8 Å². The molecule has 4 aromatic carbocycles. The summed E-state index contributed by atoms with van der Waals surface area (Å²) in [6.07, 6.45) is -2.37. The molecule has 5 aliphatic heterocycles. The first-order valence-corrected chi connectivity index (χ1v) is 31.8. The Kier molecular flexibility index (Phi) is 23.1. The summed E-state index contributed by atoms with van der Waals surface area (Å²) < 4.78 is 71.2. The highest BCUT2D eigenvalue weighted by atomic mass is 33.7. The van der Waals surface area contributed by atoms with Gasteiger partial charge in [-0.3, -0.25) is 14.6 Å². The van der Waals surface area contributed by atoms with Crippen molar-refractivity contribution in [2.24, 2.45) is 0 Å². The van der Waals surface area contributed by atoms with Crippen LogP contribution in [0.5, 0.6) is 0 Å². The molecule has 15 nitrogen and oxygen atoms in total. The maximum atomic E-state index is 14.5. The number of morpholine rings is 2. The summed E-state index contributed by atoms with van der Waals surface area (Å²) in [5, 5.41) is 6.39. The Labute approximate surface area is 439 Å². The number of rotatable bonds is 11. The lowest BCUT2D eigenvalue weighted by Gasteiger charge is -2.40. The molecule has 394 valence electrons. The van der Waals surface area contributed by atoms with Crippen LogP contribution in [0.25, 0.3) is 0 Å². The second kappa shape index (κ2) is 27.5. The molecule has 9 rings (SSSR count). The van der Waals surface area contributed by atoms with Crippen molar-refractivity contribution < 1.29 is 61.8 Å². The van der Waals surface area contributed by atoms with E-state index in [2.05, 4.69) is 85.2 Å². The molecule has 6 N–H and O–H groups in total. The van der Waals surface area contributed by atoms with Crippen LogP contribution in [-0.2, 0) is 47.4 Å². The SMILES string of the molecule is C.Cc1ccc(P2(=S)SP(=S)(c3ccc(C)cc3)S2)cc1.O.O.O=C(CF)NC[C@H]1CN(c2ccc(N3CCOCC3)c(F)c2)C(=O)O1.O=C1O[C@@H](CNC(F)=S)CN1c1ccc(N2CCOCC2)c(F)c1. The Hall–Kier alpha value is -4.06. The van der Waals surface area contributed by atoms with E-state index >= 15 is 0 Å². The van der Waals surface area contributed by atoms with E-state index in [1.165, 1.54) is 43.7 Å². The number of aryl methyl sites for hydroxylation is 2. The van der Waals surface area contributed by atoms with Crippen LogP contribution in [0.2, 0.25) is 0 Å². The van der Waals surface area contributed by atoms with Crippen molar-refractivity contribution in [1.29, 1.82) is 0 Å². The third kappa shape index (κ3) is 15.5. The fourth-order valence-electron chi connectivity index (χ4n) is 7.53. The Bertz CT molecular complexity index is 2530. The predicted octanol–water partition coefficient (Wildman–Crippen LogP) is 7.24. The number of halogens is 4. The Morgan fingerprint density at radius 3 is 1.39 bits per heavy atom. The van der Waals surface area contributed by atoms with Crippen LogP contribution in [0, 0.1) is 25.5 Å². The van der Waals surface area contributed by atoms with Gasteiger partial charge in [-0.1, -0.05) is 113 Å². The van der Waals surface area contributed by atoms with Gasteiger partial charge in [-0.15, -0.1) is 0 Å². The molecule has 0 spiro atoms. The van der Waals surface area contributed by atoms with Crippen molar-refractivity contribution in [3.05, 3.63) is 108 Å². The van der Waals surface area contributed by atoms with Crippen LogP contribution in [0.4, 0.5) is 49.9 Å². The molecule has 5 heterocycles. The minimum absolute atomic E-state index is 0. The van der Waals surface area contributed by atoms with Gasteiger partial charge < -0.3 is 50.3 Å². The molecule has 5 aliphatic rings. The highest BCUT2D eigenvalue weighted by Crippen LogP contribution is 3.04. The van der Waals surface area contributed by atoms with E-state index in [0.717, 1.165) is 0 Å². The maximum Gasteiger partial charge on any atom is 0.414 e. The van der Waals surface area contributed by atoms with Gasteiger partial charge in [0.05, 0.1) is 84.2 Å². The van der Waals surface area contributed by atoms with Crippen LogP contribution in [0.3, 0.4) is 0 Å². The van der Waals surface area contributed by atoms with Gasteiger partial charge in [0, 0.05) is 36.8 Å². The van der Waals surface area contributed by atoms with Gasteiger partial charge >= 0.3 is 12.2 Å². The normalized spacial score (nSPS) is 22.1. The van der Waals surface area contributed by atoms with E-state index < -0.39 is 62.7 Å². The molecule has 0 unspecified atom stereocenters. The van der Waals surface area contributed by atoms with Gasteiger partial charge in [0.15, 0.2) is 6.67 Å². The largest absolute Gasteiger partial charge is 0.442 e. The second-order valence-corrected chi connectivity index (χ2v) is 37.8. The summed E-state index contributed by atoms with van der Waals surface area (Å²) in [6, 6.07) is 26.5. The van der Waals surface area contributed by atoms with Gasteiger partial charge in [0.25, 0.3) is 11.1 Å². The molecule has 26 heteroatoms. The van der Waals surface area contributed by atoms with Crippen LogP contribution in [-0.4, -0.2) is 132 Å². The minimum atomic E-state index is -1.55. The highest BCUT2D eigenvalue weighted by molar-refractivity contribution is 9.48. The van der Waals surface area contributed by atoms with Gasteiger partial charge in [0.1, 0.15) is 23.8 Å². The number of nitrogens with one attached hydrogen (secondary N) is 2. The number of amides is 3. The van der Waals surface area contributed by atoms with Crippen molar-refractivity contribution in [3.63, 3.8) is 0 Å². The van der Waals surface area contributed by atoms with Gasteiger partial charge in [-0.2, -0.15) is 4.39 Å². The summed E-state index contributed by atoms with van der Waals surface area (Å²) in [4.78, 5) is 41.2. The topological polar surface area (TPSA) is 188 Å². The zero-order valence-electron chi connectivity index (χ0n) is 38.5. The molecule has 5 saturated heterocycles. The van der Waals surface area contributed by atoms with Crippen molar-refractivity contribution in [2.45, 2.75) is 33.5 Å². The number of thiocarbonyl (C=S) groups is 1. The molecular formula is C46H58F4N6O9P2S5. The minimum Gasteiger partial charge on any atom is -0.442 e. The summed E-state index contributed by atoms with van der Waals surface area (Å²) in [5.74, 6) is -1.61. The molecular weight excluding hydrogens is 1080 g/mol. The molecule has 5 fully saturated rings. The lowest BCUT2D eigenvalue weighted by molar-refractivity contribution is -0.122. The van der Waals surface area contributed by atoms with Crippen LogP contribution >= 0.6 is 43.1 Å². The number of carbonyl (C=O) groups is 3. The predicted molar refractivity (Wildman–Crippen MR) is 294 cm³/mol. The van der Waals surface area contributed by atoms with E-state index in [4.69, 9.17) is 42.6 Å². The average Bonchev–Trinajstić information content (AvgIpc) is 3.91. The van der Waals surface area contributed by atoms with E-state index in [-0.39, 0.29) is 44.6 Å². The number of carbonyl (C=O) groups excluding carboxylic acids is 3. The highest BCUT2D eigenvalue weighted by Gasteiger charge is 2.46. The molecule has 4 aromatic rings. The van der Waals surface area contributed by atoms with E-state index in [0.29, 0.717) is 75.4 Å². The third-order valence-corrected chi connectivity index (χ3v) is 42.6. The van der Waals surface area contributed by atoms with Gasteiger partial charge in [-0.05, 0) is 62.5 Å². The van der Waals surface area contributed by atoms with E-state index in [9.17, 15) is 31.9 Å². The average molecular weight is 1140 g/mol. The van der Waals surface area contributed by atoms with Crippen molar-refractivity contribution in [2.75, 3.05) is 105 Å². The maximum absolute atomic E-state index is 14.5. The fourth-order valence-corrected chi connectivity index (χ4v) is 49.9. The Morgan fingerprint density at radius 1 is 0.667 bits per heavy atom. The van der Waals surface area contributed by atoms with Crippen molar-refractivity contribution in [3.8, 4) is 0 Å². The van der Waals surface area contributed by atoms with Crippen molar-refractivity contribution in [1.82, 2.24) is 10.6 Å². The lowest BCUT2D eigenvalue weighted by Crippen LogP contribution is -2.37. The second-order valence-electron chi connectivity index (χ2n) is 16.1. The zero-order valence-corrected chi connectivity index (χ0v) is 44.4. The van der Waals surface area contributed by atoms with E-state index in [1.54, 1.807) is 24.3 Å². The number of alkyl halides is 1. The zero-order chi connectivity index (χ0) is 49.3. The first kappa shape index (κ1) is 60.5. The number of benzene rings is 4. The summed E-state index contributed by atoms with van der Waals surface area (Å²) >= 11 is 19.9. The number of hydrogen-bond acceptors (Lipinski definition) is 14. The van der Waals surface area contributed by atoms with Crippen LogP contribution in [0.15, 0.2) is 84.9 Å². The number of cyclic esters (lactones) is 2. The third-order valence-electron chi connectivity index (χ3n) is 11.2.